The first-order valence-electron chi connectivity index (χ1n) is 9.30. The first-order valence-corrected chi connectivity index (χ1v) is 9.30. The summed E-state index contributed by atoms with van der Waals surface area (Å²) in [4.78, 5) is 32.9. The van der Waals surface area contributed by atoms with Gasteiger partial charge in [-0.25, -0.2) is 18.6 Å². The standard InChI is InChI=1S/C20H20F2N4O3/c1-29-20(28)16-3-2-8-26(16)13-6-9-25(10-7-13)19(27)12-4-5-14-15(11-12)24-18(23-14)17(21)22/h2-5,8,11,13,17H,6-7,9-10H2,1H3,(H,23,24). The van der Waals surface area contributed by atoms with Gasteiger partial charge in [-0.15, -0.1) is 0 Å². The van der Waals surface area contributed by atoms with Gasteiger partial charge >= 0.3 is 5.97 Å². The molecule has 29 heavy (non-hydrogen) atoms. The molecule has 0 unspecified atom stereocenters. The van der Waals surface area contributed by atoms with Crippen LogP contribution in [0.4, 0.5) is 8.78 Å². The number of alkyl halides is 2. The molecular formula is C20H20F2N4O3. The quantitative estimate of drug-likeness (QED) is 0.677. The van der Waals surface area contributed by atoms with Gasteiger partial charge in [-0.1, -0.05) is 0 Å². The third kappa shape index (κ3) is 3.59. The lowest BCUT2D eigenvalue weighted by molar-refractivity contribution is 0.0573. The third-order valence-corrected chi connectivity index (χ3v) is 5.27. The Labute approximate surface area is 165 Å². The number of imidazole rings is 1. The molecule has 3 aromatic rings. The number of piperidine rings is 1. The zero-order valence-electron chi connectivity index (χ0n) is 15.8. The van der Waals surface area contributed by atoms with Crippen LogP contribution in [0.25, 0.3) is 11.0 Å². The van der Waals surface area contributed by atoms with E-state index in [0.717, 1.165) is 0 Å². The van der Waals surface area contributed by atoms with Gasteiger partial charge in [-0.2, -0.15) is 0 Å². The number of methoxy groups -OCH3 is 1. The number of hydrogen-bond acceptors (Lipinski definition) is 4. The Hall–Kier alpha value is -3.23. The zero-order chi connectivity index (χ0) is 20.5. The van der Waals surface area contributed by atoms with Gasteiger partial charge in [0.05, 0.1) is 18.1 Å². The maximum atomic E-state index is 12.9. The second kappa shape index (κ2) is 7.65. The van der Waals surface area contributed by atoms with Gasteiger partial charge in [0.1, 0.15) is 5.69 Å². The number of halogens is 2. The number of likely N-dealkylation sites (tertiary alicyclic amines) is 1. The molecule has 1 aliphatic heterocycles. The van der Waals surface area contributed by atoms with Crippen molar-refractivity contribution in [2.75, 3.05) is 20.2 Å². The number of esters is 1. The van der Waals surface area contributed by atoms with Crippen molar-refractivity contribution in [1.29, 1.82) is 0 Å². The molecule has 1 N–H and O–H groups in total. The highest BCUT2D eigenvalue weighted by Crippen LogP contribution is 2.27. The fourth-order valence-electron chi connectivity index (χ4n) is 3.79. The van der Waals surface area contributed by atoms with Crippen LogP contribution in [0.2, 0.25) is 0 Å². The lowest BCUT2D eigenvalue weighted by Gasteiger charge is -2.33. The van der Waals surface area contributed by atoms with Crippen LogP contribution >= 0.6 is 0 Å². The van der Waals surface area contributed by atoms with Crippen molar-refractivity contribution in [1.82, 2.24) is 19.4 Å². The summed E-state index contributed by atoms with van der Waals surface area (Å²) in [5.41, 5.74) is 1.74. The predicted molar refractivity (Wildman–Crippen MR) is 101 cm³/mol. The molecule has 0 aliphatic carbocycles. The Balaban J connectivity index is 1.46. The first-order chi connectivity index (χ1) is 14.0. The fourth-order valence-corrected chi connectivity index (χ4v) is 3.79. The largest absolute Gasteiger partial charge is 0.464 e. The number of aromatic amines is 1. The molecule has 3 heterocycles. The van der Waals surface area contributed by atoms with E-state index >= 15 is 0 Å². The molecule has 0 atom stereocenters. The fraction of sp³-hybridized carbons (Fsp3) is 0.350. The van der Waals surface area contributed by atoms with E-state index in [-0.39, 0.29) is 17.9 Å². The SMILES string of the molecule is COC(=O)c1cccn1C1CCN(C(=O)c2ccc3nc(C(F)F)[nH]c3c2)CC1. The number of carbonyl (C=O) groups excluding carboxylic acids is 2. The lowest BCUT2D eigenvalue weighted by Crippen LogP contribution is -2.39. The third-order valence-electron chi connectivity index (χ3n) is 5.27. The summed E-state index contributed by atoms with van der Waals surface area (Å²) < 4.78 is 32.3. The number of fused-ring (bicyclic) bond motifs is 1. The number of ether oxygens (including phenoxy) is 1. The van der Waals surface area contributed by atoms with Crippen molar-refractivity contribution in [3.05, 3.63) is 53.6 Å². The van der Waals surface area contributed by atoms with Crippen LogP contribution in [-0.4, -0.2) is 51.5 Å². The summed E-state index contributed by atoms with van der Waals surface area (Å²) >= 11 is 0. The van der Waals surface area contributed by atoms with E-state index in [1.165, 1.54) is 7.11 Å². The molecule has 9 heteroatoms. The number of rotatable bonds is 4. The van der Waals surface area contributed by atoms with E-state index in [1.807, 2.05) is 10.8 Å². The summed E-state index contributed by atoms with van der Waals surface area (Å²) in [6, 6.07) is 8.36. The van der Waals surface area contributed by atoms with Gasteiger partial charge in [0.25, 0.3) is 12.3 Å². The second-order valence-electron chi connectivity index (χ2n) is 6.97. The minimum absolute atomic E-state index is 0.104. The van der Waals surface area contributed by atoms with E-state index in [2.05, 4.69) is 9.97 Å². The van der Waals surface area contributed by atoms with Gasteiger partial charge in [-0.05, 0) is 43.2 Å². The Morgan fingerprint density at radius 2 is 2.00 bits per heavy atom. The predicted octanol–water partition coefficient (Wildman–Crippen LogP) is 3.57. The molecule has 4 rings (SSSR count). The van der Waals surface area contributed by atoms with Crippen LogP contribution in [0, 0.1) is 0 Å². The molecule has 0 spiro atoms. The Bertz CT molecular complexity index is 1050. The maximum Gasteiger partial charge on any atom is 0.354 e. The highest BCUT2D eigenvalue weighted by molar-refractivity contribution is 5.97. The summed E-state index contributed by atoms with van der Waals surface area (Å²) in [7, 11) is 1.35. The monoisotopic (exact) mass is 402 g/mol. The zero-order valence-corrected chi connectivity index (χ0v) is 15.8. The van der Waals surface area contributed by atoms with Crippen LogP contribution < -0.4 is 0 Å². The van der Waals surface area contributed by atoms with Crippen molar-refractivity contribution >= 4 is 22.9 Å². The smallest absolute Gasteiger partial charge is 0.354 e. The summed E-state index contributed by atoms with van der Waals surface area (Å²) in [6.45, 7) is 1.07. The molecule has 1 amide bonds. The van der Waals surface area contributed by atoms with Gasteiger partial charge < -0.3 is 19.2 Å². The molecule has 0 radical (unpaired) electrons. The number of hydrogen-bond donors (Lipinski definition) is 1. The number of nitrogens with one attached hydrogen (secondary N) is 1. The van der Waals surface area contributed by atoms with E-state index in [4.69, 9.17) is 4.74 Å². The van der Waals surface area contributed by atoms with Gasteiger partial charge in [0.2, 0.25) is 0 Å². The average molecular weight is 402 g/mol. The van der Waals surface area contributed by atoms with Crippen LogP contribution in [-0.2, 0) is 4.74 Å². The summed E-state index contributed by atoms with van der Waals surface area (Å²) in [5, 5.41) is 0. The topological polar surface area (TPSA) is 80.2 Å². The molecule has 1 aromatic carbocycles. The Kier molecular flexibility index (Phi) is 5.04. The lowest BCUT2D eigenvalue weighted by atomic mass is 10.0. The molecule has 2 aromatic heterocycles. The number of amides is 1. The highest BCUT2D eigenvalue weighted by atomic mass is 19.3. The maximum absolute atomic E-state index is 12.9. The number of benzene rings is 1. The average Bonchev–Trinajstić information content (AvgIpc) is 3.39. The molecule has 1 saturated heterocycles. The molecule has 7 nitrogen and oxygen atoms in total. The molecular weight excluding hydrogens is 382 g/mol. The van der Waals surface area contributed by atoms with Crippen LogP contribution in [0.3, 0.4) is 0 Å². The van der Waals surface area contributed by atoms with Gasteiger partial charge in [0, 0.05) is 30.9 Å². The molecule has 0 saturated carbocycles. The van der Waals surface area contributed by atoms with E-state index in [0.29, 0.717) is 48.2 Å². The molecule has 1 aliphatic rings. The van der Waals surface area contributed by atoms with E-state index in [1.54, 1.807) is 35.2 Å². The molecule has 0 bridgehead atoms. The number of nitrogens with zero attached hydrogens (tertiary/aromatic N) is 3. The van der Waals surface area contributed by atoms with Crippen molar-refractivity contribution < 1.29 is 23.1 Å². The minimum atomic E-state index is -2.69. The number of H-pyrrole nitrogens is 1. The van der Waals surface area contributed by atoms with E-state index in [9.17, 15) is 18.4 Å². The van der Waals surface area contributed by atoms with Crippen molar-refractivity contribution in [2.45, 2.75) is 25.3 Å². The normalized spacial score (nSPS) is 15.2. The molecule has 152 valence electrons. The van der Waals surface area contributed by atoms with Crippen LogP contribution in [0.1, 0.15) is 52.0 Å². The summed E-state index contributed by atoms with van der Waals surface area (Å²) in [5.74, 6) is -0.942. The highest BCUT2D eigenvalue weighted by Gasteiger charge is 2.27. The summed E-state index contributed by atoms with van der Waals surface area (Å²) in [6.07, 6.45) is 0.559. The van der Waals surface area contributed by atoms with Crippen molar-refractivity contribution in [2.24, 2.45) is 0 Å². The molecule has 1 fully saturated rings. The van der Waals surface area contributed by atoms with Gasteiger partial charge in [-0.3, -0.25) is 4.79 Å². The van der Waals surface area contributed by atoms with Crippen molar-refractivity contribution in [3.8, 4) is 0 Å². The number of carbonyl (C=O) groups is 2. The second-order valence-corrected chi connectivity index (χ2v) is 6.97. The van der Waals surface area contributed by atoms with Crippen LogP contribution in [0.5, 0.6) is 0 Å². The Morgan fingerprint density at radius 3 is 2.69 bits per heavy atom. The Morgan fingerprint density at radius 1 is 1.24 bits per heavy atom. The van der Waals surface area contributed by atoms with Crippen LogP contribution in [0.15, 0.2) is 36.5 Å². The first kappa shape index (κ1) is 19.1. The van der Waals surface area contributed by atoms with Crippen molar-refractivity contribution in [3.63, 3.8) is 0 Å². The number of aromatic nitrogens is 3. The van der Waals surface area contributed by atoms with E-state index < -0.39 is 12.2 Å². The minimum Gasteiger partial charge on any atom is -0.464 e. The van der Waals surface area contributed by atoms with Gasteiger partial charge in [0.15, 0.2) is 5.82 Å².